The van der Waals surface area contributed by atoms with Crippen LogP contribution < -0.4 is 4.90 Å². The molecule has 5 nitrogen and oxygen atoms in total. The van der Waals surface area contributed by atoms with E-state index < -0.39 is 0 Å². The van der Waals surface area contributed by atoms with E-state index in [4.69, 9.17) is 4.74 Å². The van der Waals surface area contributed by atoms with Gasteiger partial charge in [0.1, 0.15) is 0 Å². The summed E-state index contributed by atoms with van der Waals surface area (Å²) in [6.45, 7) is 4.20. The van der Waals surface area contributed by atoms with Crippen LogP contribution in [-0.2, 0) is 14.3 Å². The fourth-order valence-corrected chi connectivity index (χ4v) is 2.94. The van der Waals surface area contributed by atoms with Crippen molar-refractivity contribution in [3.63, 3.8) is 0 Å². The number of rotatable bonds is 5. The number of carbonyl (C=O) groups is 2. The quantitative estimate of drug-likeness (QED) is 0.782. The van der Waals surface area contributed by atoms with Crippen LogP contribution >= 0.6 is 0 Å². The van der Waals surface area contributed by atoms with Crippen LogP contribution in [0.3, 0.4) is 0 Å². The van der Waals surface area contributed by atoms with Gasteiger partial charge in [-0.1, -0.05) is 13.8 Å². The highest BCUT2D eigenvalue weighted by Gasteiger charge is 2.42. The maximum atomic E-state index is 12.2. The summed E-state index contributed by atoms with van der Waals surface area (Å²) in [6, 6.07) is 3.82. The molecule has 1 aliphatic rings. The predicted molar refractivity (Wildman–Crippen MR) is 79.8 cm³/mol. The molecule has 21 heavy (non-hydrogen) atoms. The van der Waals surface area contributed by atoms with Gasteiger partial charge < -0.3 is 9.64 Å². The second-order valence-corrected chi connectivity index (χ2v) is 6.09. The van der Waals surface area contributed by atoms with E-state index >= 15 is 0 Å². The minimum Gasteiger partial charge on any atom is -0.469 e. The van der Waals surface area contributed by atoms with Gasteiger partial charge in [-0.25, -0.2) is 0 Å². The highest BCUT2D eigenvalue weighted by Crippen LogP contribution is 2.39. The Labute approximate surface area is 125 Å². The highest BCUT2D eigenvalue weighted by molar-refractivity contribution is 5.96. The van der Waals surface area contributed by atoms with E-state index in [1.54, 1.807) is 12.4 Å². The number of pyridine rings is 1. The number of esters is 1. The fourth-order valence-electron chi connectivity index (χ4n) is 2.94. The van der Waals surface area contributed by atoms with Gasteiger partial charge in [-0.05, 0) is 30.4 Å². The molecule has 1 aromatic rings. The topological polar surface area (TPSA) is 59.5 Å². The predicted octanol–water partition coefficient (Wildman–Crippen LogP) is 2.56. The number of methoxy groups -OCH3 is 1. The molecule has 2 rings (SSSR count). The van der Waals surface area contributed by atoms with Crippen molar-refractivity contribution in [2.75, 3.05) is 12.0 Å². The monoisotopic (exact) mass is 290 g/mol. The number of amides is 1. The summed E-state index contributed by atoms with van der Waals surface area (Å²) in [5.74, 6) is -0.0838. The number of nitrogens with zero attached hydrogens (tertiary/aromatic N) is 2. The lowest BCUT2D eigenvalue weighted by Gasteiger charge is -2.37. The number of hydrogen-bond donors (Lipinski definition) is 0. The summed E-state index contributed by atoms with van der Waals surface area (Å²) in [5.41, 5.74) is 0.673. The SMILES string of the molecule is COC(=O)CCC(C)(C)[C@H]1CCC(=O)N1c1cccnc1. The average Bonchev–Trinajstić information content (AvgIpc) is 2.88. The van der Waals surface area contributed by atoms with Gasteiger partial charge in [-0.3, -0.25) is 14.6 Å². The molecule has 0 saturated carbocycles. The Morgan fingerprint density at radius 2 is 2.29 bits per heavy atom. The first-order valence-corrected chi connectivity index (χ1v) is 7.24. The van der Waals surface area contributed by atoms with E-state index in [0.29, 0.717) is 19.3 Å². The average molecular weight is 290 g/mol. The highest BCUT2D eigenvalue weighted by atomic mass is 16.5. The Morgan fingerprint density at radius 3 is 2.90 bits per heavy atom. The van der Waals surface area contributed by atoms with Gasteiger partial charge in [0.2, 0.25) is 5.91 Å². The Morgan fingerprint density at radius 1 is 1.52 bits per heavy atom. The third-order valence-electron chi connectivity index (χ3n) is 4.24. The number of aromatic nitrogens is 1. The lowest BCUT2D eigenvalue weighted by atomic mass is 9.78. The first-order chi connectivity index (χ1) is 9.95. The molecule has 1 saturated heterocycles. The molecule has 0 radical (unpaired) electrons. The van der Waals surface area contributed by atoms with E-state index in [0.717, 1.165) is 12.1 Å². The molecule has 0 bridgehead atoms. The Kier molecular flexibility index (Phi) is 4.60. The second kappa shape index (κ2) is 6.24. The minimum atomic E-state index is -0.208. The Bertz CT molecular complexity index is 514. The Balaban J connectivity index is 2.17. The summed E-state index contributed by atoms with van der Waals surface area (Å²) in [4.78, 5) is 29.5. The molecule has 1 fully saturated rings. The third-order valence-corrected chi connectivity index (χ3v) is 4.24. The fraction of sp³-hybridized carbons (Fsp3) is 0.562. The summed E-state index contributed by atoms with van der Waals surface area (Å²) >= 11 is 0. The minimum absolute atomic E-state index is 0.0823. The molecule has 1 aliphatic heterocycles. The van der Waals surface area contributed by atoms with Crippen molar-refractivity contribution in [2.24, 2.45) is 5.41 Å². The zero-order chi connectivity index (χ0) is 15.5. The van der Waals surface area contributed by atoms with Crippen LogP contribution in [0.2, 0.25) is 0 Å². The van der Waals surface area contributed by atoms with Crippen LogP contribution in [0, 0.1) is 5.41 Å². The normalized spacial score (nSPS) is 18.9. The van der Waals surface area contributed by atoms with Gasteiger partial charge in [0, 0.05) is 25.1 Å². The molecule has 0 aliphatic carbocycles. The van der Waals surface area contributed by atoms with Gasteiger partial charge in [0.25, 0.3) is 0 Å². The van der Waals surface area contributed by atoms with Gasteiger partial charge in [0.05, 0.1) is 19.0 Å². The van der Waals surface area contributed by atoms with E-state index in [-0.39, 0.29) is 23.3 Å². The molecule has 1 aromatic heterocycles. The van der Waals surface area contributed by atoms with Crippen LogP contribution in [0.25, 0.3) is 0 Å². The van der Waals surface area contributed by atoms with E-state index in [9.17, 15) is 9.59 Å². The van der Waals surface area contributed by atoms with Gasteiger partial charge in [-0.15, -0.1) is 0 Å². The molecule has 1 atom stereocenters. The van der Waals surface area contributed by atoms with Crippen LogP contribution in [0.1, 0.15) is 39.5 Å². The van der Waals surface area contributed by atoms with Crippen molar-refractivity contribution in [1.82, 2.24) is 4.98 Å². The summed E-state index contributed by atoms with van der Waals surface area (Å²) in [5, 5.41) is 0. The van der Waals surface area contributed by atoms with Gasteiger partial charge in [-0.2, -0.15) is 0 Å². The van der Waals surface area contributed by atoms with Crippen molar-refractivity contribution < 1.29 is 14.3 Å². The largest absolute Gasteiger partial charge is 0.469 e. The van der Waals surface area contributed by atoms with Crippen LogP contribution in [-0.4, -0.2) is 30.0 Å². The molecule has 0 N–H and O–H groups in total. The summed E-state index contributed by atoms with van der Waals surface area (Å²) in [7, 11) is 1.40. The summed E-state index contributed by atoms with van der Waals surface area (Å²) < 4.78 is 4.71. The van der Waals surface area contributed by atoms with E-state index in [2.05, 4.69) is 18.8 Å². The third kappa shape index (κ3) is 3.40. The van der Waals surface area contributed by atoms with E-state index in [1.807, 2.05) is 17.0 Å². The zero-order valence-electron chi connectivity index (χ0n) is 12.8. The number of hydrogen-bond acceptors (Lipinski definition) is 4. The molecule has 5 heteroatoms. The van der Waals surface area contributed by atoms with E-state index in [1.165, 1.54) is 7.11 Å². The Hall–Kier alpha value is -1.91. The second-order valence-electron chi connectivity index (χ2n) is 6.09. The smallest absolute Gasteiger partial charge is 0.305 e. The number of anilines is 1. The van der Waals surface area contributed by atoms with Crippen LogP contribution in [0.4, 0.5) is 5.69 Å². The standard InChI is InChI=1S/C16H22N2O3/c1-16(2,9-8-15(20)21-3)13-6-7-14(19)18(13)12-5-4-10-17-11-12/h4-5,10-11,13H,6-9H2,1-3H3/t13-/m1/s1. The lowest BCUT2D eigenvalue weighted by molar-refractivity contribution is -0.141. The molecular formula is C16H22N2O3. The molecule has 1 amide bonds. The van der Waals surface area contributed by atoms with Crippen molar-refractivity contribution in [1.29, 1.82) is 0 Å². The van der Waals surface area contributed by atoms with Gasteiger partial charge in [0.15, 0.2) is 0 Å². The molecule has 2 heterocycles. The summed E-state index contributed by atoms with van der Waals surface area (Å²) in [6.07, 6.45) is 5.82. The number of carbonyl (C=O) groups excluding carboxylic acids is 2. The van der Waals surface area contributed by atoms with Crippen molar-refractivity contribution in [2.45, 2.75) is 45.6 Å². The van der Waals surface area contributed by atoms with Gasteiger partial charge >= 0.3 is 5.97 Å². The first-order valence-electron chi connectivity index (χ1n) is 7.24. The molecule has 0 aromatic carbocycles. The van der Waals surface area contributed by atoms with Crippen molar-refractivity contribution in [3.05, 3.63) is 24.5 Å². The first kappa shape index (κ1) is 15.5. The molecule has 114 valence electrons. The van der Waals surface area contributed by atoms with Crippen LogP contribution in [0.5, 0.6) is 0 Å². The van der Waals surface area contributed by atoms with Crippen LogP contribution in [0.15, 0.2) is 24.5 Å². The zero-order valence-corrected chi connectivity index (χ0v) is 12.8. The van der Waals surface area contributed by atoms with Crippen molar-refractivity contribution >= 4 is 17.6 Å². The maximum Gasteiger partial charge on any atom is 0.305 e. The number of ether oxygens (including phenoxy) is 1. The lowest BCUT2D eigenvalue weighted by Crippen LogP contribution is -2.43. The molecular weight excluding hydrogens is 268 g/mol. The molecule has 0 spiro atoms. The maximum absolute atomic E-state index is 12.2. The van der Waals surface area contributed by atoms with Crippen molar-refractivity contribution in [3.8, 4) is 0 Å². The molecule has 0 unspecified atom stereocenters.